The van der Waals surface area contributed by atoms with Gasteiger partial charge in [-0.25, -0.2) is 0 Å². The molecule has 0 aromatic heterocycles. The summed E-state index contributed by atoms with van der Waals surface area (Å²) in [5, 5.41) is 0. The number of hydrogen-bond acceptors (Lipinski definition) is 2. The van der Waals surface area contributed by atoms with Gasteiger partial charge < -0.3 is 4.18 Å². The molecule has 0 amide bonds. The average molecular weight is 216 g/mol. The van der Waals surface area contributed by atoms with Crippen LogP contribution in [0.1, 0.15) is 52.9 Å². The lowest BCUT2D eigenvalue weighted by Gasteiger charge is -2.21. The third kappa shape index (κ3) is 4.70. The standard InChI is InChI=1S/C12H24OS/c1-4-14-13-10-11-6-5-8-12(2,3)9-7-11/h11H,4-10H2,1-3H3. The van der Waals surface area contributed by atoms with E-state index in [4.69, 9.17) is 4.18 Å². The summed E-state index contributed by atoms with van der Waals surface area (Å²) in [4.78, 5) is 0. The van der Waals surface area contributed by atoms with Crippen molar-refractivity contribution in [2.45, 2.75) is 52.9 Å². The van der Waals surface area contributed by atoms with E-state index in [0.29, 0.717) is 5.41 Å². The first-order valence-corrected chi connectivity index (χ1v) is 6.79. The van der Waals surface area contributed by atoms with Crippen molar-refractivity contribution in [2.24, 2.45) is 11.3 Å². The highest BCUT2D eigenvalue weighted by molar-refractivity contribution is 7.94. The van der Waals surface area contributed by atoms with Gasteiger partial charge in [0, 0.05) is 5.75 Å². The fraction of sp³-hybridized carbons (Fsp3) is 1.00. The first-order valence-electron chi connectivity index (χ1n) is 5.88. The van der Waals surface area contributed by atoms with Gasteiger partial charge in [-0.2, -0.15) is 0 Å². The lowest BCUT2D eigenvalue weighted by Crippen LogP contribution is -2.10. The summed E-state index contributed by atoms with van der Waals surface area (Å²) in [5.74, 6) is 1.88. The predicted molar refractivity (Wildman–Crippen MR) is 64.4 cm³/mol. The molecule has 1 aliphatic carbocycles. The van der Waals surface area contributed by atoms with Crippen molar-refractivity contribution in [3.63, 3.8) is 0 Å². The van der Waals surface area contributed by atoms with Crippen molar-refractivity contribution >= 4 is 12.0 Å². The third-order valence-corrected chi connectivity index (χ3v) is 3.74. The summed E-state index contributed by atoms with van der Waals surface area (Å²) in [7, 11) is 0. The molecule has 2 heteroatoms. The van der Waals surface area contributed by atoms with Gasteiger partial charge in [-0.1, -0.05) is 27.2 Å². The first kappa shape index (κ1) is 12.4. The summed E-state index contributed by atoms with van der Waals surface area (Å²) in [5.41, 5.74) is 0.576. The van der Waals surface area contributed by atoms with Crippen LogP contribution in [0.25, 0.3) is 0 Å². The molecule has 1 atom stereocenters. The molecule has 0 aromatic rings. The molecule has 0 radical (unpaired) electrons. The second-order valence-electron chi connectivity index (χ2n) is 5.15. The predicted octanol–water partition coefficient (Wildman–Crippen LogP) is 4.28. The van der Waals surface area contributed by atoms with Crippen LogP contribution in [0.2, 0.25) is 0 Å². The summed E-state index contributed by atoms with van der Waals surface area (Å²) in [6.45, 7) is 7.91. The van der Waals surface area contributed by atoms with E-state index in [2.05, 4.69) is 20.8 Å². The van der Waals surface area contributed by atoms with E-state index >= 15 is 0 Å². The fourth-order valence-corrected chi connectivity index (χ4v) is 2.58. The Hall–Kier alpha value is 0.310. The molecule has 1 aliphatic rings. The topological polar surface area (TPSA) is 9.23 Å². The van der Waals surface area contributed by atoms with Gasteiger partial charge in [-0.05, 0) is 49.1 Å². The zero-order valence-electron chi connectivity index (χ0n) is 9.84. The maximum Gasteiger partial charge on any atom is 0.0642 e. The Balaban J connectivity index is 2.21. The van der Waals surface area contributed by atoms with Gasteiger partial charge >= 0.3 is 0 Å². The Bertz CT molecular complexity index is 156. The molecule has 1 nitrogen and oxygen atoms in total. The zero-order chi connectivity index (χ0) is 10.4. The van der Waals surface area contributed by atoms with E-state index in [-0.39, 0.29) is 0 Å². The lowest BCUT2D eigenvalue weighted by molar-refractivity contribution is 0.255. The van der Waals surface area contributed by atoms with Gasteiger partial charge in [-0.3, -0.25) is 0 Å². The Labute approximate surface area is 93.2 Å². The molecule has 1 rings (SSSR count). The van der Waals surface area contributed by atoms with Crippen LogP contribution in [-0.4, -0.2) is 12.4 Å². The van der Waals surface area contributed by atoms with Gasteiger partial charge in [0.05, 0.1) is 6.61 Å². The molecule has 14 heavy (non-hydrogen) atoms. The molecule has 1 fully saturated rings. The summed E-state index contributed by atoms with van der Waals surface area (Å²) in [6.07, 6.45) is 6.88. The molecule has 0 N–H and O–H groups in total. The highest BCUT2D eigenvalue weighted by atomic mass is 32.2. The fourth-order valence-electron chi connectivity index (χ4n) is 2.13. The first-order chi connectivity index (χ1) is 6.64. The maximum absolute atomic E-state index is 5.56. The number of rotatable bonds is 4. The molecule has 0 saturated heterocycles. The molecular weight excluding hydrogens is 192 g/mol. The van der Waals surface area contributed by atoms with E-state index in [1.807, 2.05) is 0 Å². The van der Waals surface area contributed by atoms with Crippen molar-refractivity contribution in [3.05, 3.63) is 0 Å². The van der Waals surface area contributed by atoms with Crippen LogP contribution in [0, 0.1) is 11.3 Å². The smallest absolute Gasteiger partial charge is 0.0642 e. The molecule has 84 valence electrons. The second-order valence-corrected chi connectivity index (χ2v) is 6.20. The monoisotopic (exact) mass is 216 g/mol. The molecule has 0 aromatic carbocycles. The van der Waals surface area contributed by atoms with Gasteiger partial charge in [0.25, 0.3) is 0 Å². The molecule has 0 spiro atoms. The minimum Gasteiger partial charge on any atom is -0.315 e. The van der Waals surface area contributed by atoms with E-state index in [1.165, 1.54) is 32.1 Å². The van der Waals surface area contributed by atoms with Crippen molar-refractivity contribution in [3.8, 4) is 0 Å². The zero-order valence-corrected chi connectivity index (χ0v) is 10.7. The molecular formula is C12H24OS. The van der Waals surface area contributed by atoms with Crippen LogP contribution in [0.3, 0.4) is 0 Å². The molecule has 0 heterocycles. The Morgan fingerprint density at radius 2 is 2.07 bits per heavy atom. The third-order valence-electron chi connectivity index (χ3n) is 3.20. The van der Waals surface area contributed by atoms with Crippen LogP contribution in [0.15, 0.2) is 0 Å². The van der Waals surface area contributed by atoms with Crippen molar-refractivity contribution < 1.29 is 4.18 Å². The van der Waals surface area contributed by atoms with Crippen LogP contribution in [0.4, 0.5) is 0 Å². The quantitative estimate of drug-likeness (QED) is 0.394. The summed E-state index contributed by atoms with van der Waals surface area (Å²) in [6, 6.07) is 0. The lowest BCUT2D eigenvalue weighted by atomic mass is 9.85. The summed E-state index contributed by atoms with van der Waals surface area (Å²) < 4.78 is 5.56. The largest absolute Gasteiger partial charge is 0.315 e. The maximum atomic E-state index is 5.56. The van der Waals surface area contributed by atoms with Gasteiger partial charge in [0.1, 0.15) is 0 Å². The Morgan fingerprint density at radius 1 is 1.29 bits per heavy atom. The highest BCUT2D eigenvalue weighted by Gasteiger charge is 2.24. The van der Waals surface area contributed by atoms with Crippen molar-refractivity contribution in [1.29, 1.82) is 0 Å². The van der Waals surface area contributed by atoms with E-state index in [9.17, 15) is 0 Å². The van der Waals surface area contributed by atoms with Gasteiger partial charge in [0.15, 0.2) is 0 Å². The van der Waals surface area contributed by atoms with Crippen molar-refractivity contribution in [2.75, 3.05) is 12.4 Å². The van der Waals surface area contributed by atoms with Crippen LogP contribution < -0.4 is 0 Å². The summed E-state index contributed by atoms with van der Waals surface area (Å²) >= 11 is 1.61. The van der Waals surface area contributed by atoms with Gasteiger partial charge in [-0.15, -0.1) is 0 Å². The van der Waals surface area contributed by atoms with Crippen LogP contribution >= 0.6 is 12.0 Å². The number of hydrogen-bond donors (Lipinski definition) is 0. The molecule has 1 saturated carbocycles. The Morgan fingerprint density at radius 3 is 2.79 bits per heavy atom. The second kappa shape index (κ2) is 6.02. The van der Waals surface area contributed by atoms with Crippen molar-refractivity contribution in [1.82, 2.24) is 0 Å². The SMILES string of the molecule is CCSOCC1CCCC(C)(C)CC1. The van der Waals surface area contributed by atoms with Crippen LogP contribution in [0.5, 0.6) is 0 Å². The van der Waals surface area contributed by atoms with Crippen LogP contribution in [-0.2, 0) is 4.18 Å². The molecule has 0 bridgehead atoms. The highest BCUT2D eigenvalue weighted by Crippen LogP contribution is 2.36. The minimum absolute atomic E-state index is 0.576. The molecule has 1 unspecified atom stereocenters. The van der Waals surface area contributed by atoms with E-state index < -0.39 is 0 Å². The minimum atomic E-state index is 0.576. The van der Waals surface area contributed by atoms with Gasteiger partial charge in [0.2, 0.25) is 0 Å². The molecule has 0 aliphatic heterocycles. The van der Waals surface area contributed by atoms with E-state index in [0.717, 1.165) is 18.3 Å². The Kier molecular flexibility index (Phi) is 5.32. The average Bonchev–Trinajstić information content (AvgIpc) is 2.28. The normalized spacial score (nSPS) is 27.2. The van der Waals surface area contributed by atoms with E-state index in [1.54, 1.807) is 12.0 Å².